The first-order chi connectivity index (χ1) is 6.93. The summed E-state index contributed by atoms with van der Waals surface area (Å²) in [4.78, 5) is 0. The second kappa shape index (κ2) is 10.7. The molecule has 0 unspecified atom stereocenters. The van der Waals surface area contributed by atoms with E-state index in [4.69, 9.17) is 4.74 Å². The van der Waals surface area contributed by atoms with E-state index in [-0.39, 0.29) is 12.4 Å². The number of rotatable bonds is 7. The summed E-state index contributed by atoms with van der Waals surface area (Å²) in [7, 11) is 0. The fourth-order valence-corrected chi connectivity index (χ4v) is 1.98. The van der Waals surface area contributed by atoms with Gasteiger partial charge in [0.15, 0.2) is 0 Å². The number of halogens is 1. The predicted molar refractivity (Wildman–Crippen MR) is 67.8 cm³/mol. The highest BCUT2D eigenvalue weighted by molar-refractivity contribution is 5.85. The number of nitrogens with one attached hydrogen (secondary N) is 1. The van der Waals surface area contributed by atoms with Crippen molar-refractivity contribution < 1.29 is 4.74 Å². The molecular formula is C12H26ClNO. The van der Waals surface area contributed by atoms with Gasteiger partial charge in [-0.15, -0.1) is 12.4 Å². The second-order valence-electron chi connectivity index (χ2n) is 4.30. The largest absolute Gasteiger partial charge is 0.381 e. The number of hydrogen-bond acceptors (Lipinski definition) is 2. The molecule has 0 aromatic carbocycles. The van der Waals surface area contributed by atoms with Crippen LogP contribution in [0.25, 0.3) is 0 Å². The summed E-state index contributed by atoms with van der Waals surface area (Å²) in [5, 5.41) is 3.39. The minimum atomic E-state index is 0. The average molecular weight is 236 g/mol. The first-order valence-electron chi connectivity index (χ1n) is 6.22. The number of hydrogen-bond donors (Lipinski definition) is 1. The molecule has 1 rings (SSSR count). The standard InChI is InChI=1S/C12H25NO.ClH/c1-2-3-4-10-14-11-7-12-5-8-13-9-6-12;/h12-13H,2-11H2,1H3;1H. The maximum atomic E-state index is 5.62. The van der Waals surface area contributed by atoms with E-state index < -0.39 is 0 Å². The van der Waals surface area contributed by atoms with Crippen LogP contribution >= 0.6 is 12.4 Å². The Morgan fingerprint density at radius 2 is 1.87 bits per heavy atom. The van der Waals surface area contributed by atoms with Gasteiger partial charge in [-0.05, 0) is 44.7 Å². The van der Waals surface area contributed by atoms with Crippen LogP contribution in [0.5, 0.6) is 0 Å². The van der Waals surface area contributed by atoms with Crippen LogP contribution in [0.4, 0.5) is 0 Å². The molecule has 2 nitrogen and oxygen atoms in total. The van der Waals surface area contributed by atoms with E-state index >= 15 is 0 Å². The van der Waals surface area contributed by atoms with E-state index in [9.17, 15) is 0 Å². The molecule has 1 fully saturated rings. The highest BCUT2D eigenvalue weighted by Crippen LogP contribution is 2.15. The molecule has 0 amide bonds. The molecule has 0 aliphatic carbocycles. The van der Waals surface area contributed by atoms with E-state index in [2.05, 4.69) is 12.2 Å². The Hall–Kier alpha value is 0.210. The van der Waals surface area contributed by atoms with Gasteiger partial charge < -0.3 is 10.1 Å². The molecule has 1 aliphatic heterocycles. The van der Waals surface area contributed by atoms with E-state index in [1.165, 1.54) is 51.6 Å². The molecule has 0 spiro atoms. The third kappa shape index (κ3) is 8.06. The van der Waals surface area contributed by atoms with Crippen LogP contribution in [-0.2, 0) is 4.74 Å². The van der Waals surface area contributed by atoms with Crippen molar-refractivity contribution >= 4 is 12.4 Å². The number of unbranched alkanes of at least 4 members (excludes halogenated alkanes) is 2. The minimum Gasteiger partial charge on any atom is -0.381 e. The van der Waals surface area contributed by atoms with Gasteiger partial charge in [-0.1, -0.05) is 19.8 Å². The van der Waals surface area contributed by atoms with Crippen molar-refractivity contribution in [2.75, 3.05) is 26.3 Å². The van der Waals surface area contributed by atoms with Gasteiger partial charge in [0.25, 0.3) is 0 Å². The SMILES string of the molecule is CCCCCOCCC1CCNCC1.Cl. The smallest absolute Gasteiger partial charge is 0.0468 e. The Kier molecular flexibility index (Phi) is 10.9. The van der Waals surface area contributed by atoms with Crippen molar-refractivity contribution in [3.05, 3.63) is 0 Å². The first kappa shape index (κ1) is 15.2. The number of ether oxygens (including phenoxy) is 1. The average Bonchev–Trinajstić information content (AvgIpc) is 2.25. The molecule has 0 bridgehead atoms. The van der Waals surface area contributed by atoms with Crippen LogP contribution in [0.15, 0.2) is 0 Å². The topological polar surface area (TPSA) is 21.3 Å². The Morgan fingerprint density at radius 3 is 2.53 bits per heavy atom. The quantitative estimate of drug-likeness (QED) is 0.685. The van der Waals surface area contributed by atoms with Gasteiger partial charge in [-0.25, -0.2) is 0 Å². The van der Waals surface area contributed by atoms with Crippen molar-refractivity contribution in [1.82, 2.24) is 5.32 Å². The molecule has 0 radical (unpaired) electrons. The summed E-state index contributed by atoms with van der Waals surface area (Å²) >= 11 is 0. The van der Waals surface area contributed by atoms with Crippen LogP contribution < -0.4 is 5.32 Å². The normalized spacial score (nSPS) is 17.4. The second-order valence-corrected chi connectivity index (χ2v) is 4.30. The van der Waals surface area contributed by atoms with Gasteiger partial charge in [0.2, 0.25) is 0 Å². The lowest BCUT2D eigenvalue weighted by molar-refractivity contribution is 0.112. The summed E-state index contributed by atoms with van der Waals surface area (Å²) < 4.78 is 5.62. The predicted octanol–water partition coefficient (Wildman–Crippen LogP) is 3.00. The Labute approximate surface area is 101 Å². The lowest BCUT2D eigenvalue weighted by Gasteiger charge is -2.22. The van der Waals surface area contributed by atoms with Gasteiger partial charge in [0, 0.05) is 13.2 Å². The van der Waals surface area contributed by atoms with E-state index in [0.29, 0.717) is 0 Å². The zero-order valence-corrected chi connectivity index (χ0v) is 10.8. The molecule has 1 aliphatic rings. The molecule has 0 aromatic rings. The van der Waals surface area contributed by atoms with Gasteiger partial charge in [0.05, 0.1) is 0 Å². The van der Waals surface area contributed by atoms with Crippen LogP contribution in [0.1, 0.15) is 45.4 Å². The fourth-order valence-electron chi connectivity index (χ4n) is 1.98. The molecule has 0 aromatic heterocycles. The van der Waals surface area contributed by atoms with Crippen molar-refractivity contribution in [3.8, 4) is 0 Å². The summed E-state index contributed by atoms with van der Waals surface area (Å²) in [6.07, 6.45) is 7.80. The van der Waals surface area contributed by atoms with Crippen LogP contribution in [0, 0.1) is 5.92 Å². The van der Waals surface area contributed by atoms with Crippen molar-refractivity contribution in [1.29, 1.82) is 0 Å². The molecule has 3 heteroatoms. The summed E-state index contributed by atoms with van der Waals surface area (Å²) in [5.74, 6) is 0.919. The highest BCUT2D eigenvalue weighted by Gasteiger charge is 2.11. The molecule has 0 saturated carbocycles. The molecule has 1 heterocycles. The van der Waals surface area contributed by atoms with Crippen molar-refractivity contribution in [2.24, 2.45) is 5.92 Å². The maximum Gasteiger partial charge on any atom is 0.0468 e. The molecular weight excluding hydrogens is 210 g/mol. The third-order valence-corrected chi connectivity index (χ3v) is 3.02. The lowest BCUT2D eigenvalue weighted by Crippen LogP contribution is -2.28. The van der Waals surface area contributed by atoms with Crippen LogP contribution in [-0.4, -0.2) is 26.3 Å². The lowest BCUT2D eigenvalue weighted by atomic mass is 9.95. The van der Waals surface area contributed by atoms with E-state index in [1.54, 1.807) is 0 Å². The van der Waals surface area contributed by atoms with E-state index in [0.717, 1.165) is 19.1 Å². The van der Waals surface area contributed by atoms with Gasteiger partial charge in [0.1, 0.15) is 0 Å². The zero-order valence-electron chi connectivity index (χ0n) is 9.96. The highest BCUT2D eigenvalue weighted by atomic mass is 35.5. The summed E-state index contributed by atoms with van der Waals surface area (Å²) in [5.41, 5.74) is 0. The van der Waals surface area contributed by atoms with Gasteiger partial charge in [-0.2, -0.15) is 0 Å². The summed E-state index contributed by atoms with van der Waals surface area (Å²) in [6.45, 7) is 6.60. The van der Waals surface area contributed by atoms with Gasteiger partial charge >= 0.3 is 0 Å². The summed E-state index contributed by atoms with van der Waals surface area (Å²) in [6, 6.07) is 0. The molecule has 15 heavy (non-hydrogen) atoms. The number of piperidine rings is 1. The fraction of sp³-hybridized carbons (Fsp3) is 1.00. The molecule has 92 valence electrons. The molecule has 1 saturated heterocycles. The Bertz CT molecular complexity index is 127. The molecule has 0 atom stereocenters. The monoisotopic (exact) mass is 235 g/mol. The Morgan fingerprint density at radius 1 is 1.13 bits per heavy atom. The third-order valence-electron chi connectivity index (χ3n) is 3.02. The zero-order chi connectivity index (χ0) is 10.1. The van der Waals surface area contributed by atoms with Crippen molar-refractivity contribution in [3.63, 3.8) is 0 Å². The minimum absolute atomic E-state index is 0. The van der Waals surface area contributed by atoms with E-state index in [1.807, 2.05) is 0 Å². The molecule has 1 N–H and O–H groups in total. The van der Waals surface area contributed by atoms with Gasteiger partial charge in [-0.3, -0.25) is 0 Å². The van der Waals surface area contributed by atoms with Crippen molar-refractivity contribution in [2.45, 2.75) is 45.4 Å². The maximum absolute atomic E-state index is 5.62. The van der Waals surface area contributed by atoms with Crippen LogP contribution in [0.3, 0.4) is 0 Å². The Balaban J connectivity index is 0.00000196. The van der Waals surface area contributed by atoms with Crippen LogP contribution in [0.2, 0.25) is 0 Å². The first-order valence-corrected chi connectivity index (χ1v) is 6.22.